The van der Waals surface area contributed by atoms with E-state index in [2.05, 4.69) is 36.0 Å². The number of rotatable bonds is 11. The Morgan fingerprint density at radius 2 is 1.67 bits per heavy atom. The van der Waals surface area contributed by atoms with Crippen molar-refractivity contribution in [2.45, 2.75) is 56.4 Å². The molecule has 2 saturated heterocycles. The van der Waals surface area contributed by atoms with E-state index in [0.29, 0.717) is 61.1 Å². The first kappa shape index (κ1) is 34.8. The second kappa shape index (κ2) is 14.6. The van der Waals surface area contributed by atoms with Crippen LogP contribution in [0.4, 0.5) is 11.8 Å². The Bertz CT molecular complexity index is 2190. The molecule has 6 N–H and O–H groups in total. The number of aryl methyl sites for hydroxylation is 1. The van der Waals surface area contributed by atoms with Crippen LogP contribution in [-0.2, 0) is 11.3 Å². The van der Waals surface area contributed by atoms with E-state index in [1.807, 2.05) is 36.1 Å². The minimum atomic E-state index is -1.39. The lowest BCUT2D eigenvalue weighted by atomic mass is 9.91. The number of aromatic hydroxyl groups is 2. The molecule has 5 atom stereocenters. The number of tetrazole rings is 1. The Hall–Kier alpha value is -6.24. The van der Waals surface area contributed by atoms with Crippen molar-refractivity contribution in [1.82, 2.24) is 50.0 Å². The molecule has 18 heteroatoms. The number of hydrogen-bond donors (Lipinski definition) is 6. The first-order valence-electron chi connectivity index (χ1n) is 17.6. The summed E-state index contributed by atoms with van der Waals surface area (Å²) in [6.07, 6.45) is 0.363. The molecule has 2 aromatic carbocycles. The van der Waals surface area contributed by atoms with Crippen LogP contribution < -0.4 is 15.5 Å². The quantitative estimate of drug-likeness (QED) is 0.112. The molecule has 2 fully saturated rings. The second-order valence-electron chi connectivity index (χ2n) is 13.2. The van der Waals surface area contributed by atoms with Gasteiger partial charge in [-0.2, -0.15) is 14.8 Å². The molecule has 8 rings (SSSR count). The number of nitrogens with one attached hydrogen (secondary N) is 2. The molecule has 2 aliphatic heterocycles. The van der Waals surface area contributed by atoms with Gasteiger partial charge in [-0.05, 0) is 66.1 Å². The molecule has 0 spiro atoms. The molecule has 54 heavy (non-hydrogen) atoms. The lowest BCUT2D eigenvalue weighted by molar-refractivity contribution is -0.0384. The van der Waals surface area contributed by atoms with E-state index >= 15 is 0 Å². The van der Waals surface area contributed by atoms with E-state index in [4.69, 9.17) is 14.7 Å². The number of fused-ring (bicyclic) bond motifs is 1. The maximum absolute atomic E-state index is 12.9. The van der Waals surface area contributed by atoms with Gasteiger partial charge >= 0.3 is 0 Å². The Balaban J connectivity index is 1.13. The van der Waals surface area contributed by atoms with Gasteiger partial charge in [-0.15, -0.1) is 10.2 Å². The average molecular weight is 735 g/mol. The van der Waals surface area contributed by atoms with E-state index in [0.717, 1.165) is 11.1 Å². The number of aliphatic hydroxyl groups excluding tert-OH is 2. The molecule has 1 amide bonds. The summed E-state index contributed by atoms with van der Waals surface area (Å²) in [7, 11) is 0. The molecule has 0 bridgehead atoms. The van der Waals surface area contributed by atoms with E-state index in [9.17, 15) is 25.2 Å². The van der Waals surface area contributed by atoms with Gasteiger partial charge in [-0.25, -0.2) is 4.98 Å². The molecule has 6 aromatic rings. The summed E-state index contributed by atoms with van der Waals surface area (Å²) < 4.78 is 7.74. The Morgan fingerprint density at radius 3 is 2.33 bits per heavy atom. The molecule has 18 nitrogen and oxygen atoms in total. The minimum absolute atomic E-state index is 0.138. The predicted octanol–water partition coefficient (Wildman–Crippen LogP) is 1.88. The number of pyridine rings is 1. The number of hydrogen-bond acceptors (Lipinski definition) is 15. The van der Waals surface area contributed by atoms with Crippen molar-refractivity contribution in [3.05, 3.63) is 102 Å². The molecule has 4 aromatic heterocycles. The van der Waals surface area contributed by atoms with E-state index in [-0.39, 0.29) is 35.2 Å². The molecule has 1 unspecified atom stereocenters. The van der Waals surface area contributed by atoms with E-state index in [1.54, 1.807) is 53.4 Å². The van der Waals surface area contributed by atoms with Crippen LogP contribution in [0.1, 0.15) is 58.9 Å². The third kappa shape index (κ3) is 6.84. The zero-order valence-electron chi connectivity index (χ0n) is 29.1. The van der Waals surface area contributed by atoms with Crippen LogP contribution in [0.25, 0.3) is 11.2 Å². The van der Waals surface area contributed by atoms with Crippen LogP contribution in [0.2, 0.25) is 0 Å². The highest BCUT2D eigenvalue weighted by Gasteiger charge is 2.47. The first-order valence-corrected chi connectivity index (χ1v) is 17.6. The summed E-state index contributed by atoms with van der Waals surface area (Å²) in [4.78, 5) is 34.8. The normalized spacial score (nSPS) is 21.3. The van der Waals surface area contributed by atoms with E-state index < -0.39 is 24.5 Å². The molecule has 278 valence electrons. The number of nitrogens with zero attached hydrogens (tertiary/aromatic N) is 10. The fraction of sp³-hybridized carbons (Fsp3) is 0.333. The highest BCUT2D eigenvalue weighted by molar-refractivity contribution is 5.94. The van der Waals surface area contributed by atoms with Crippen LogP contribution in [0, 0.1) is 0 Å². The van der Waals surface area contributed by atoms with Crippen LogP contribution in [0.15, 0.2) is 79.4 Å². The van der Waals surface area contributed by atoms with Crippen LogP contribution in [0.3, 0.4) is 0 Å². The molecule has 6 heterocycles. The van der Waals surface area contributed by atoms with E-state index in [1.165, 1.54) is 11.1 Å². The van der Waals surface area contributed by atoms with Crippen molar-refractivity contribution in [3.8, 4) is 11.5 Å². The predicted molar refractivity (Wildman–Crippen MR) is 193 cm³/mol. The van der Waals surface area contributed by atoms with Gasteiger partial charge in [0.2, 0.25) is 11.8 Å². The second-order valence-corrected chi connectivity index (χ2v) is 13.2. The summed E-state index contributed by atoms with van der Waals surface area (Å²) in [5.74, 6) is 0.733. The summed E-state index contributed by atoms with van der Waals surface area (Å²) in [6.45, 7) is 3.63. The fourth-order valence-electron chi connectivity index (χ4n) is 6.83. The van der Waals surface area contributed by atoms with Crippen molar-refractivity contribution in [3.63, 3.8) is 0 Å². The maximum Gasteiger partial charge on any atom is 0.251 e. The number of benzene rings is 2. The van der Waals surface area contributed by atoms with Gasteiger partial charge in [0.1, 0.15) is 23.7 Å². The topological polar surface area (TPSA) is 235 Å². The Kier molecular flexibility index (Phi) is 9.45. The largest absolute Gasteiger partial charge is 0.508 e. The van der Waals surface area contributed by atoms with Gasteiger partial charge < -0.3 is 40.7 Å². The van der Waals surface area contributed by atoms with Crippen LogP contribution >= 0.6 is 0 Å². The highest BCUT2D eigenvalue weighted by atomic mass is 16.6. The SMILES string of the molecule is CCn1nnc([C@H]2O[C@@H](n3cnc4c(NCC(c5ccc(O)cc5)c5ccc(O)cc5)nc(N5CCC(NC(=O)c6ccncc6)C5)nc43)[C@H](O)[C@H]2O)n1. The van der Waals surface area contributed by atoms with Gasteiger partial charge in [0, 0.05) is 49.6 Å². The number of amides is 1. The smallest absolute Gasteiger partial charge is 0.251 e. The van der Waals surface area contributed by atoms with Crippen molar-refractivity contribution >= 4 is 28.8 Å². The first-order chi connectivity index (χ1) is 26.2. The van der Waals surface area contributed by atoms with Gasteiger partial charge in [0.25, 0.3) is 5.91 Å². The summed E-state index contributed by atoms with van der Waals surface area (Å²) >= 11 is 0. The summed E-state index contributed by atoms with van der Waals surface area (Å²) in [5, 5.41) is 61.1. The Labute approximate surface area is 308 Å². The number of phenolic OH excluding ortho intramolecular Hbond substituents is 2. The van der Waals surface area contributed by atoms with Gasteiger partial charge in [-0.3, -0.25) is 14.3 Å². The number of ether oxygens (including phenoxy) is 1. The number of aliphatic hydroxyl groups is 2. The van der Waals surface area contributed by atoms with Gasteiger partial charge in [0.15, 0.2) is 29.3 Å². The molecule has 0 saturated carbocycles. The number of aromatic nitrogens is 9. The molecule has 0 radical (unpaired) electrons. The third-order valence-corrected chi connectivity index (χ3v) is 9.74. The van der Waals surface area contributed by atoms with Gasteiger partial charge in [-0.1, -0.05) is 24.3 Å². The molecular weight excluding hydrogens is 696 g/mol. The van der Waals surface area contributed by atoms with Crippen molar-refractivity contribution in [2.24, 2.45) is 0 Å². The highest BCUT2D eigenvalue weighted by Crippen LogP contribution is 2.39. The van der Waals surface area contributed by atoms with Crippen LogP contribution in [-0.4, -0.2) is 109 Å². The minimum Gasteiger partial charge on any atom is -0.508 e. The fourth-order valence-corrected chi connectivity index (χ4v) is 6.83. The number of anilines is 2. The Morgan fingerprint density at radius 1 is 0.963 bits per heavy atom. The maximum atomic E-state index is 12.9. The number of carbonyl (C=O) groups excluding carboxylic acids is 1. The summed E-state index contributed by atoms with van der Waals surface area (Å²) in [6, 6.07) is 17.0. The molecule has 2 aliphatic rings. The zero-order valence-corrected chi connectivity index (χ0v) is 29.1. The number of phenols is 2. The average Bonchev–Trinajstić information content (AvgIpc) is 4.01. The number of imidazole rings is 1. The van der Waals surface area contributed by atoms with Crippen molar-refractivity contribution < 1.29 is 30.0 Å². The third-order valence-electron chi connectivity index (χ3n) is 9.74. The standard InChI is InChI=1S/C36H38N12O6/c1-2-48-44-32(43-45-48)30-28(51)29(52)35(54-30)47-19-39-27-31(38-17-26(20-3-7-24(49)8-4-20)21-5-9-25(50)10-6-21)41-36(42-33(27)47)46-16-13-23(18-46)40-34(53)22-11-14-37-15-12-22/h3-12,14-15,19,23,26,28-30,35,49-52H,2,13,16-18H2,1H3,(H,40,53)(H,38,41,42)/t23?,28-,29-,30+,35-/m1/s1. The lowest BCUT2D eigenvalue weighted by Gasteiger charge is -2.22. The molecular formula is C36H38N12O6. The molecule has 0 aliphatic carbocycles. The zero-order chi connectivity index (χ0) is 37.3. The van der Waals surface area contributed by atoms with Crippen molar-refractivity contribution in [2.75, 3.05) is 29.9 Å². The van der Waals surface area contributed by atoms with Gasteiger partial charge in [0.05, 0.1) is 12.9 Å². The van der Waals surface area contributed by atoms with Crippen LogP contribution in [0.5, 0.6) is 11.5 Å². The lowest BCUT2D eigenvalue weighted by Crippen LogP contribution is -2.37. The number of carbonyl (C=O) groups is 1. The summed E-state index contributed by atoms with van der Waals surface area (Å²) in [5.41, 5.74) is 3.05. The monoisotopic (exact) mass is 734 g/mol. The van der Waals surface area contributed by atoms with Crippen molar-refractivity contribution in [1.29, 1.82) is 0 Å².